The molecule has 0 spiro atoms. The van der Waals surface area contributed by atoms with E-state index in [1.54, 1.807) is 14.0 Å². The van der Waals surface area contributed by atoms with Gasteiger partial charge in [0.2, 0.25) is 0 Å². The lowest BCUT2D eigenvalue weighted by atomic mass is 10.2. The van der Waals surface area contributed by atoms with E-state index < -0.39 is 0 Å². The molecule has 1 aromatic rings. The predicted octanol–water partition coefficient (Wildman–Crippen LogP) is 1.97. The van der Waals surface area contributed by atoms with E-state index in [1.165, 1.54) is 11.3 Å². The van der Waals surface area contributed by atoms with Crippen molar-refractivity contribution in [3.05, 3.63) is 21.9 Å². The van der Waals surface area contributed by atoms with Gasteiger partial charge in [-0.05, 0) is 6.92 Å². The van der Waals surface area contributed by atoms with E-state index in [0.717, 1.165) is 10.6 Å². The monoisotopic (exact) mass is 194 g/mol. The summed E-state index contributed by atoms with van der Waals surface area (Å²) in [6, 6.07) is 3.83. The van der Waals surface area contributed by atoms with Crippen LogP contribution in [0, 0.1) is 11.3 Å². The smallest absolute Gasteiger partial charge is 0.130 e. The van der Waals surface area contributed by atoms with Gasteiger partial charge in [0.05, 0.1) is 29.3 Å². The van der Waals surface area contributed by atoms with Crippen molar-refractivity contribution in [2.75, 3.05) is 7.11 Å². The molecule has 0 saturated carbocycles. The molecule has 1 heterocycles. The van der Waals surface area contributed by atoms with Gasteiger partial charge < -0.3 is 10.5 Å². The summed E-state index contributed by atoms with van der Waals surface area (Å²) in [7, 11) is 1.60. The van der Waals surface area contributed by atoms with Crippen LogP contribution in [0.15, 0.2) is 17.0 Å². The summed E-state index contributed by atoms with van der Waals surface area (Å²) >= 11 is 1.47. The minimum absolute atomic E-state index is 0.524. The standard InChI is InChI=1S/C9H10N2OS/c1-6(4-10)9(11)8-3-7(12-2)5-13-8/h3,5H,11H2,1-2H3. The van der Waals surface area contributed by atoms with Crippen molar-refractivity contribution in [2.24, 2.45) is 5.73 Å². The summed E-state index contributed by atoms with van der Waals surface area (Å²) in [4.78, 5) is 0.871. The fourth-order valence-electron chi connectivity index (χ4n) is 0.812. The van der Waals surface area contributed by atoms with E-state index in [4.69, 9.17) is 15.7 Å². The van der Waals surface area contributed by atoms with Crippen molar-refractivity contribution >= 4 is 17.0 Å². The first-order chi connectivity index (χ1) is 6.19. The van der Waals surface area contributed by atoms with Gasteiger partial charge >= 0.3 is 0 Å². The van der Waals surface area contributed by atoms with Crippen LogP contribution in [0.3, 0.4) is 0 Å². The third kappa shape index (κ3) is 2.01. The zero-order chi connectivity index (χ0) is 9.84. The number of hydrogen-bond acceptors (Lipinski definition) is 4. The Hall–Kier alpha value is -1.47. The highest BCUT2D eigenvalue weighted by molar-refractivity contribution is 7.11. The highest BCUT2D eigenvalue weighted by atomic mass is 32.1. The van der Waals surface area contributed by atoms with Gasteiger partial charge in [0.25, 0.3) is 0 Å². The van der Waals surface area contributed by atoms with E-state index in [2.05, 4.69) is 0 Å². The molecule has 2 N–H and O–H groups in total. The van der Waals surface area contributed by atoms with Gasteiger partial charge in [-0.3, -0.25) is 0 Å². The molecule has 0 saturated heterocycles. The Kier molecular flexibility index (Phi) is 2.93. The summed E-state index contributed by atoms with van der Waals surface area (Å²) in [6.07, 6.45) is 0. The molecular weight excluding hydrogens is 184 g/mol. The number of nitriles is 1. The molecule has 1 rings (SSSR count). The normalized spacial score (nSPS) is 11.8. The van der Waals surface area contributed by atoms with Crippen molar-refractivity contribution in [1.29, 1.82) is 5.26 Å². The number of ether oxygens (including phenoxy) is 1. The largest absolute Gasteiger partial charge is 0.496 e. The van der Waals surface area contributed by atoms with Crippen molar-refractivity contribution < 1.29 is 4.74 Å². The summed E-state index contributed by atoms with van der Waals surface area (Å²) in [5.41, 5.74) is 6.78. The number of nitrogens with two attached hydrogens (primary N) is 1. The minimum Gasteiger partial charge on any atom is -0.496 e. The van der Waals surface area contributed by atoms with Crippen LogP contribution in [0.4, 0.5) is 0 Å². The van der Waals surface area contributed by atoms with Crippen LogP contribution in [0.2, 0.25) is 0 Å². The van der Waals surface area contributed by atoms with E-state index in [1.807, 2.05) is 17.5 Å². The Morgan fingerprint density at radius 3 is 2.85 bits per heavy atom. The van der Waals surface area contributed by atoms with E-state index >= 15 is 0 Å². The average Bonchev–Trinajstić information content (AvgIpc) is 2.63. The van der Waals surface area contributed by atoms with Crippen LogP contribution in [-0.4, -0.2) is 7.11 Å². The number of thiophene rings is 1. The summed E-state index contributed by atoms with van der Waals surface area (Å²) in [6.45, 7) is 1.70. The molecule has 0 aromatic carbocycles. The molecule has 0 fully saturated rings. The Bertz CT molecular complexity index is 373. The van der Waals surface area contributed by atoms with Crippen molar-refractivity contribution in [3.8, 4) is 11.8 Å². The molecule has 68 valence electrons. The van der Waals surface area contributed by atoms with E-state index in [0.29, 0.717) is 11.3 Å². The van der Waals surface area contributed by atoms with E-state index in [-0.39, 0.29) is 0 Å². The van der Waals surface area contributed by atoms with Crippen LogP contribution in [0.1, 0.15) is 11.8 Å². The minimum atomic E-state index is 0.524. The Morgan fingerprint density at radius 1 is 1.69 bits per heavy atom. The molecule has 0 unspecified atom stereocenters. The second-order valence-electron chi connectivity index (χ2n) is 2.50. The van der Waals surface area contributed by atoms with Gasteiger partial charge in [-0.15, -0.1) is 11.3 Å². The molecule has 0 aliphatic carbocycles. The number of allylic oxidation sites excluding steroid dienone is 1. The van der Waals surface area contributed by atoms with Gasteiger partial charge in [0.1, 0.15) is 5.75 Å². The Morgan fingerprint density at radius 2 is 2.38 bits per heavy atom. The molecule has 13 heavy (non-hydrogen) atoms. The lowest BCUT2D eigenvalue weighted by Gasteiger charge is -1.96. The maximum Gasteiger partial charge on any atom is 0.130 e. The molecule has 0 amide bonds. The second kappa shape index (κ2) is 3.97. The molecule has 3 nitrogen and oxygen atoms in total. The highest BCUT2D eigenvalue weighted by Crippen LogP contribution is 2.26. The average molecular weight is 194 g/mol. The molecule has 0 aliphatic heterocycles. The molecule has 0 radical (unpaired) electrons. The summed E-state index contributed by atoms with van der Waals surface area (Å²) in [5.74, 6) is 0.772. The molecule has 4 heteroatoms. The van der Waals surface area contributed by atoms with Gasteiger partial charge in [0, 0.05) is 11.4 Å². The lowest BCUT2D eigenvalue weighted by molar-refractivity contribution is 0.416. The van der Waals surface area contributed by atoms with Crippen LogP contribution >= 0.6 is 11.3 Å². The maximum atomic E-state index is 8.62. The lowest BCUT2D eigenvalue weighted by Crippen LogP contribution is -1.96. The molecule has 0 atom stereocenters. The van der Waals surface area contributed by atoms with Crippen LogP contribution in [0.5, 0.6) is 5.75 Å². The maximum absolute atomic E-state index is 8.62. The fourth-order valence-corrected chi connectivity index (χ4v) is 1.68. The number of methoxy groups -OCH3 is 1. The van der Waals surface area contributed by atoms with Crippen molar-refractivity contribution in [1.82, 2.24) is 0 Å². The fraction of sp³-hybridized carbons (Fsp3) is 0.222. The first-order valence-electron chi connectivity index (χ1n) is 3.68. The highest BCUT2D eigenvalue weighted by Gasteiger charge is 2.04. The molecule has 1 aromatic heterocycles. The number of nitrogens with zero attached hydrogens (tertiary/aromatic N) is 1. The third-order valence-electron chi connectivity index (χ3n) is 1.65. The summed E-state index contributed by atoms with van der Waals surface area (Å²) < 4.78 is 5.01. The predicted molar refractivity (Wildman–Crippen MR) is 53.3 cm³/mol. The zero-order valence-electron chi connectivity index (χ0n) is 7.50. The van der Waals surface area contributed by atoms with Gasteiger partial charge in [-0.1, -0.05) is 0 Å². The third-order valence-corrected chi connectivity index (χ3v) is 2.59. The Labute approximate surface area is 81.1 Å². The SMILES string of the molecule is COc1csc(C(N)=C(C)C#N)c1. The van der Waals surface area contributed by atoms with Crippen LogP contribution in [0.25, 0.3) is 5.70 Å². The first-order valence-corrected chi connectivity index (χ1v) is 4.56. The van der Waals surface area contributed by atoms with Gasteiger partial charge in [-0.25, -0.2) is 0 Å². The van der Waals surface area contributed by atoms with Crippen LogP contribution < -0.4 is 10.5 Å². The quantitative estimate of drug-likeness (QED) is 0.732. The number of rotatable bonds is 2. The van der Waals surface area contributed by atoms with Gasteiger partial charge in [-0.2, -0.15) is 5.26 Å². The van der Waals surface area contributed by atoms with Crippen LogP contribution in [-0.2, 0) is 0 Å². The Balaban J connectivity index is 3.04. The number of hydrogen-bond donors (Lipinski definition) is 1. The molecule has 0 bridgehead atoms. The van der Waals surface area contributed by atoms with Gasteiger partial charge in [0.15, 0.2) is 0 Å². The zero-order valence-corrected chi connectivity index (χ0v) is 8.31. The molecular formula is C9H10N2OS. The molecule has 0 aliphatic rings. The van der Waals surface area contributed by atoms with Crippen molar-refractivity contribution in [2.45, 2.75) is 6.92 Å². The topological polar surface area (TPSA) is 59.0 Å². The summed E-state index contributed by atoms with van der Waals surface area (Å²) in [5, 5.41) is 10.5. The van der Waals surface area contributed by atoms with E-state index in [9.17, 15) is 0 Å². The second-order valence-corrected chi connectivity index (χ2v) is 3.41. The first kappa shape index (κ1) is 9.62. The van der Waals surface area contributed by atoms with Crippen molar-refractivity contribution in [3.63, 3.8) is 0 Å².